The standard InChI is InChI=1S/C22H35N5O2/c1-2-26-12-4-5-17(26)15-23-20(28)9-8-16-10-13-27(14-11-16)22(29)21-18-6-3-7-19(18)24-25-21/h16-17H,2-15H2,1H3,(H,23,28)(H,24,25)/t17-/m0/s1. The molecule has 2 saturated heterocycles. The third-order valence-corrected chi connectivity index (χ3v) is 7.13. The largest absolute Gasteiger partial charge is 0.355 e. The van der Waals surface area contributed by atoms with Crippen molar-refractivity contribution in [2.24, 2.45) is 5.92 Å². The smallest absolute Gasteiger partial charge is 0.274 e. The molecule has 0 saturated carbocycles. The molecular formula is C22H35N5O2. The van der Waals surface area contributed by atoms with Gasteiger partial charge < -0.3 is 10.2 Å². The van der Waals surface area contributed by atoms with Crippen LogP contribution >= 0.6 is 0 Å². The number of aryl methyl sites for hydroxylation is 1. The molecule has 2 fully saturated rings. The van der Waals surface area contributed by atoms with Crippen molar-refractivity contribution in [1.29, 1.82) is 0 Å². The van der Waals surface area contributed by atoms with Crippen molar-refractivity contribution >= 4 is 11.8 Å². The summed E-state index contributed by atoms with van der Waals surface area (Å²) in [7, 11) is 0. The number of fused-ring (bicyclic) bond motifs is 1. The number of rotatable bonds is 7. The van der Waals surface area contributed by atoms with Crippen LogP contribution in [0.25, 0.3) is 0 Å². The number of H-pyrrole nitrogens is 1. The molecule has 2 aliphatic heterocycles. The Kier molecular flexibility index (Phi) is 6.53. The quantitative estimate of drug-likeness (QED) is 0.733. The molecule has 2 amide bonds. The molecule has 3 heterocycles. The van der Waals surface area contributed by atoms with Crippen molar-refractivity contribution in [3.8, 4) is 0 Å². The molecule has 1 aliphatic carbocycles. The van der Waals surface area contributed by atoms with Crippen LogP contribution in [-0.4, -0.2) is 70.6 Å². The Balaban J connectivity index is 1.16. The molecule has 0 bridgehead atoms. The van der Waals surface area contributed by atoms with Crippen LogP contribution in [0.2, 0.25) is 0 Å². The van der Waals surface area contributed by atoms with E-state index >= 15 is 0 Å². The normalized spacial score (nSPS) is 22.8. The molecule has 160 valence electrons. The number of piperidine rings is 1. The zero-order valence-corrected chi connectivity index (χ0v) is 17.7. The van der Waals surface area contributed by atoms with Crippen LogP contribution in [0.3, 0.4) is 0 Å². The highest BCUT2D eigenvalue weighted by Crippen LogP contribution is 2.27. The summed E-state index contributed by atoms with van der Waals surface area (Å²) in [5.41, 5.74) is 2.93. The van der Waals surface area contributed by atoms with Crippen molar-refractivity contribution in [2.45, 2.75) is 70.8 Å². The van der Waals surface area contributed by atoms with Crippen LogP contribution < -0.4 is 5.32 Å². The number of aromatic amines is 1. The highest BCUT2D eigenvalue weighted by molar-refractivity contribution is 5.94. The van der Waals surface area contributed by atoms with Crippen LogP contribution in [0.5, 0.6) is 0 Å². The number of hydrogen-bond acceptors (Lipinski definition) is 4. The minimum Gasteiger partial charge on any atom is -0.355 e. The first-order valence-electron chi connectivity index (χ1n) is 11.5. The van der Waals surface area contributed by atoms with Gasteiger partial charge in [-0.25, -0.2) is 0 Å². The van der Waals surface area contributed by atoms with Crippen LogP contribution in [0.15, 0.2) is 0 Å². The summed E-state index contributed by atoms with van der Waals surface area (Å²) in [5, 5.41) is 10.5. The third-order valence-electron chi connectivity index (χ3n) is 7.13. The Hall–Kier alpha value is -1.89. The van der Waals surface area contributed by atoms with Crippen LogP contribution in [0.1, 0.15) is 73.6 Å². The summed E-state index contributed by atoms with van der Waals surface area (Å²) in [6.07, 6.45) is 9.03. The molecule has 1 aromatic heterocycles. The zero-order chi connectivity index (χ0) is 20.2. The van der Waals surface area contributed by atoms with E-state index < -0.39 is 0 Å². The van der Waals surface area contributed by atoms with Crippen LogP contribution in [0, 0.1) is 5.92 Å². The number of nitrogens with zero attached hydrogens (tertiary/aromatic N) is 3. The molecule has 1 aromatic rings. The number of hydrogen-bond donors (Lipinski definition) is 2. The molecule has 7 heteroatoms. The van der Waals surface area contributed by atoms with E-state index in [0.717, 1.165) is 82.5 Å². The highest BCUT2D eigenvalue weighted by atomic mass is 16.2. The molecule has 0 spiro atoms. The van der Waals surface area contributed by atoms with Gasteiger partial charge in [0.1, 0.15) is 0 Å². The average molecular weight is 402 g/mol. The molecule has 1 atom stereocenters. The fourth-order valence-electron chi connectivity index (χ4n) is 5.27. The highest BCUT2D eigenvalue weighted by Gasteiger charge is 2.29. The van der Waals surface area contributed by atoms with E-state index in [9.17, 15) is 9.59 Å². The first-order chi connectivity index (χ1) is 14.2. The van der Waals surface area contributed by atoms with Crippen molar-refractivity contribution in [3.05, 3.63) is 17.0 Å². The molecular weight excluding hydrogens is 366 g/mol. The third kappa shape index (κ3) is 4.65. The molecule has 29 heavy (non-hydrogen) atoms. The van der Waals surface area contributed by atoms with Gasteiger partial charge in [-0.15, -0.1) is 0 Å². The number of nitrogens with one attached hydrogen (secondary N) is 2. The molecule has 0 radical (unpaired) electrons. The fraction of sp³-hybridized carbons (Fsp3) is 0.773. The number of aromatic nitrogens is 2. The first-order valence-corrected chi connectivity index (χ1v) is 11.5. The maximum Gasteiger partial charge on any atom is 0.274 e. The zero-order valence-electron chi connectivity index (χ0n) is 17.7. The number of amides is 2. The Morgan fingerprint density at radius 1 is 1.14 bits per heavy atom. The Morgan fingerprint density at radius 3 is 2.76 bits per heavy atom. The monoisotopic (exact) mass is 401 g/mol. The van der Waals surface area contributed by atoms with E-state index in [1.54, 1.807) is 0 Å². The number of likely N-dealkylation sites (N-methyl/N-ethyl adjacent to an activating group) is 1. The Morgan fingerprint density at radius 2 is 1.97 bits per heavy atom. The van der Waals surface area contributed by atoms with Gasteiger partial charge in [-0.1, -0.05) is 6.92 Å². The number of likely N-dealkylation sites (tertiary alicyclic amines) is 2. The fourth-order valence-corrected chi connectivity index (χ4v) is 5.27. The maximum absolute atomic E-state index is 12.8. The topological polar surface area (TPSA) is 81.3 Å². The van der Waals surface area contributed by atoms with Gasteiger partial charge >= 0.3 is 0 Å². The first kappa shape index (κ1) is 20.4. The molecule has 2 N–H and O–H groups in total. The second-order valence-electron chi connectivity index (χ2n) is 8.89. The van der Waals surface area contributed by atoms with Gasteiger partial charge in [0.05, 0.1) is 0 Å². The molecule has 0 aromatic carbocycles. The van der Waals surface area contributed by atoms with Gasteiger partial charge in [0.2, 0.25) is 5.91 Å². The summed E-state index contributed by atoms with van der Waals surface area (Å²) in [6, 6.07) is 0.515. The Labute approximate surface area is 173 Å². The molecule has 7 nitrogen and oxygen atoms in total. The predicted octanol–water partition coefficient (Wildman–Crippen LogP) is 2.13. The van der Waals surface area contributed by atoms with E-state index in [0.29, 0.717) is 24.1 Å². The van der Waals surface area contributed by atoms with Gasteiger partial charge in [-0.2, -0.15) is 5.10 Å². The molecule has 4 rings (SSSR count). The van der Waals surface area contributed by atoms with E-state index in [1.165, 1.54) is 12.8 Å². The van der Waals surface area contributed by atoms with Crippen molar-refractivity contribution in [1.82, 2.24) is 25.3 Å². The van der Waals surface area contributed by atoms with Gasteiger partial charge in [-0.05, 0) is 70.4 Å². The average Bonchev–Trinajstić information content (AvgIpc) is 3.47. The lowest BCUT2D eigenvalue weighted by molar-refractivity contribution is -0.121. The summed E-state index contributed by atoms with van der Waals surface area (Å²) >= 11 is 0. The second kappa shape index (κ2) is 9.28. The van der Waals surface area contributed by atoms with Crippen molar-refractivity contribution < 1.29 is 9.59 Å². The number of carbonyl (C=O) groups is 2. The summed E-state index contributed by atoms with van der Waals surface area (Å²) < 4.78 is 0. The van der Waals surface area contributed by atoms with Gasteiger partial charge in [-0.3, -0.25) is 19.6 Å². The second-order valence-corrected chi connectivity index (χ2v) is 8.89. The summed E-state index contributed by atoms with van der Waals surface area (Å²) in [4.78, 5) is 29.5. The molecule has 0 unspecified atom stereocenters. The van der Waals surface area contributed by atoms with Gasteiger partial charge in [0.15, 0.2) is 5.69 Å². The minimum absolute atomic E-state index is 0.0811. The summed E-state index contributed by atoms with van der Waals surface area (Å²) in [6.45, 7) is 6.76. The van der Waals surface area contributed by atoms with Crippen LogP contribution in [-0.2, 0) is 17.6 Å². The lowest BCUT2D eigenvalue weighted by Gasteiger charge is -2.31. The van der Waals surface area contributed by atoms with Crippen molar-refractivity contribution in [3.63, 3.8) is 0 Å². The van der Waals surface area contributed by atoms with Gasteiger partial charge in [0, 0.05) is 43.4 Å². The van der Waals surface area contributed by atoms with E-state index in [4.69, 9.17) is 0 Å². The lowest BCUT2D eigenvalue weighted by atomic mass is 9.91. The summed E-state index contributed by atoms with van der Waals surface area (Å²) in [5.74, 6) is 0.796. The predicted molar refractivity (Wildman–Crippen MR) is 112 cm³/mol. The van der Waals surface area contributed by atoms with Crippen molar-refractivity contribution in [2.75, 3.05) is 32.7 Å². The number of carbonyl (C=O) groups excluding carboxylic acids is 2. The minimum atomic E-state index is 0.0811. The van der Waals surface area contributed by atoms with E-state index in [2.05, 4.69) is 27.3 Å². The maximum atomic E-state index is 12.8. The van der Waals surface area contributed by atoms with E-state index in [1.807, 2.05) is 4.90 Å². The van der Waals surface area contributed by atoms with E-state index in [-0.39, 0.29) is 11.8 Å². The molecule has 3 aliphatic rings. The van der Waals surface area contributed by atoms with Gasteiger partial charge in [0.25, 0.3) is 5.91 Å². The SMILES string of the molecule is CCN1CCC[C@H]1CNC(=O)CCC1CCN(C(=O)c2n[nH]c3c2CCC3)CC1. The lowest BCUT2D eigenvalue weighted by Crippen LogP contribution is -2.40. The Bertz CT molecular complexity index is 723. The van der Waals surface area contributed by atoms with Crippen LogP contribution in [0.4, 0.5) is 0 Å².